The van der Waals surface area contributed by atoms with Crippen molar-refractivity contribution in [2.45, 2.75) is 12.8 Å². The van der Waals surface area contributed by atoms with Crippen LogP contribution in [0.25, 0.3) is 0 Å². The smallest absolute Gasteiger partial charge is 0.141 e. The number of hydrogen-bond acceptors (Lipinski definition) is 2. The summed E-state index contributed by atoms with van der Waals surface area (Å²) < 4.78 is 19.2. The van der Waals surface area contributed by atoms with Crippen molar-refractivity contribution in [3.05, 3.63) is 58.3 Å². The molecule has 100 valence electrons. The van der Waals surface area contributed by atoms with Crippen LogP contribution in [-0.4, -0.2) is 6.61 Å². The summed E-state index contributed by atoms with van der Waals surface area (Å²) in [6.07, 6.45) is 1.76. The maximum absolute atomic E-state index is 13.3. The number of hydrogen-bond donors (Lipinski definition) is 1. The predicted molar refractivity (Wildman–Crippen MR) is 78.8 cm³/mol. The minimum absolute atomic E-state index is 0.312. The van der Waals surface area contributed by atoms with E-state index in [1.54, 1.807) is 12.1 Å². The van der Waals surface area contributed by atoms with E-state index in [1.165, 1.54) is 11.6 Å². The van der Waals surface area contributed by atoms with E-state index in [0.29, 0.717) is 16.8 Å². The lowest BCUT2D eigenvalue weighted by Crippen LogP contribution is -2.00. The van der Waals surface area contributed by atoms with Crippen LogP contribution < -0.4 is 10.5 Å². The molecule has 0 saturated carbocycles. The predicted octanol–water partition coefficient (Wildman–Crippen LogP) is 4.18. The summed E-state index contributed by atoms with van der Waals surface area (Å²) in [4.78, 5) is 0. The lowest BCUT2D eigenvalue weighted by Gasteiger charge is -2.07. The van der Waals surface area contributed by atoms with Crippen LogP contribution in [0.2, 0.25) is 0 Å². The molecule has 0 radical (unpaired) electrons. The zero-order chi connectivity index (χ0) is 13.7. The standard InChI is InChI=1S/C15H15BrFNO/c16-14-7-6-13(10-15(14)17)19-8-2-4-11-3-1-5-12(18)9-11/h1,3,5-7,9-10H,2,4,8,18H2. The average molecular weight is 324 g/mol. The number of nitrogen functional groups attached to an aromatic ring is 1. The Bertz CT molecular complexity index is 560. The van der Waals surface area contributed by atoms with Gasteiger partial charge >= 0.3 is 0 Å². The molecule has 2 rings (SSSR count). The van der Waals surface area contributed by atoms with Crippen molar-refractivity contribution < 1.29 is 9.13 Å². The van der Waals surface area contributed by atoms with E-state index < -0.39 is 0 Å². The van der Waals surface area contributed by atoms with Crippen molar-refractivity contribution in [2.24, 2.45) is 0 Å². The number of benzene rings is 2. The fourth-order valence-electron chi connectivity index (χ4n) is 1.78. The molecule has 0 aliphatic heterocycles. The van der Waals surface area contributed by atoms with Gasteiger partial charge in [-0.1, -0.05) is 12.1 Å². The fourth-order valence-corrected chi connectivity index (χ4v) is 2.03. The second-order valence-corrected chi connectivity index (χ2v) is 5.13. The van der Waals surface area contributed by atoms with Crippen molar-refractivity contribution >= 4 is 21.6 Å². The van der Waals surface area contributed by atoms with Crippen molar-refractivity contribution in [3.63, 3.8) is 0 Å². The molecule has 0 atom stereocenters. The van der Waals surface area contributed by atoms with Crippen molar-refractivity contribution in [3.8, 4) is 5.75 Å². The Morgan fingerprint density at radius 3 is 2.74 bits per heavy atom. The molecular weight excluding hydrogens is 309 g/mol. The second-order valence-electron chi connectivity index (χ2n) is 4.27. The zero-order valence-electron chi connectivity index (χ0n) is 10.4. The van der Waals surface area contributed by atoms with E-state index in [9.17, 15) is 4.39 Å². The quantitative estimate of drug-likeness (QED) is 0.661. The van der Waals surface area contributed by atoms with Crippen LogP contribution in [0.1, 0.15) is 12.0 Å². The number of aryl methyl sites for hydroxylation is 1. The number of halogens is 2. The van der Waals surface area contributed by atoms with Crippen LogP contribution in [-0.2, 0) is 6.42 Å². The molecule has 2 aromatic rings. The van der Waals surface area contributed by atoms with Crippen LogP contribution in [0.4, 0.5) is 10.1 Å². The highest BCUT2D eigenvalue weighted by Gasteiger charge is 2.01. The third kappa shape index (κ3) is 4.24. The Morgan fingerprint density at radius 2 is 2.00 bits per heavy atom. The van der Waals surface area contributed by atoms with Gasteiger partial charge in [0.05, 0.1) is 11.1 Å². The molecule has 0 saturated heterocycles. The van der Waals surface area contributed by atoms with Crippen molar-refractivity contribution in [1.29, 1.82) is 0 Å². The van der Waals surface area contributed by atoms with E-state index in [2.05, 4.69) is 15.9 Å². The topological polar surface area (TPSA) is 35.2 Å². The van der Waals surface area contributed by atoms with E-state index in [4.69, 9.17) is 10.5 Å². The molecule has 0 aliphatic rings. The third-order valence-corrected chi connectivity index (χ3v) is 3.36. The Morgan fingerprint density at radius 1 is 1.16 bits per heavy atom. The van der Waals surface area contributed by atoms with E-state index in [-0.39, 0.29) is 5.82 Å². The second kappa shape index (κ2) is 6.57. The summed E-state index contributed by atoms with van der Waals surface area (Å²) in [6, 6.07) is 12.6. The molecule has 2 nitrogen and oxygen atoms in total. The normalized spacial score (nSPS) is 10.4. The molecular formula is C15H15BrFNO. The van der Waals surface area contributed by atoms with Crippen LogP contribution in [0, 0.1) is 5.82 Å². The Kier molecular flexibility index (Phi) is 4.80. The van der Waals surface area contributed by atoms with Gasteiger partial charge in [-0.2, -0.15) is 0 Å². The first-order valence-corrected chi connectivity index (χ1v) is 6.87. The average Bonchev–Trinajstić information content (AvgIpc) is 2.39. The maximum atomic E-state index is 13.3. The van der Waals surface area contributed by atoms with Gasteiger partial charge in [0.15, 0.2) is 0 Å². The Balaban J connectivity index is 1.79. The molecule has 0 aromatic heterocycles. The monoisotopic (exact) mass is 323 g/mol. The molecule has 4 heteroatoms. The van der Waals surface area contributed by atoms with E-state index >= 15 is 0 Å². The van der Waals surface area contributed by atoms with Crippen LogP contribution in [0.15, 0.2) is 46.9 Å². The summed E-state index contributed by atoms with van der Waals surface area (Å²) >= 11 is 3.11. The van der Waals surface area contributed by atoms with Crippen LogP contribution in [0.3, 0.4) is 0 Å². The molecule has 2 aromatic carbocycles. The number of ether oxygens (including phenoxy) is 1. The molecule has 0 fully saturated rings. The first kappa shape index (κ1) is 13.9. The summed E-state index contributed by atoms with van der Waals surface area (Å²) in [5.74, 6) is 0.238. The summed E-state index contributed by atoms with van der Waals surface area (Å²) in [5, 5.41) is 0. The van der Waals surface area contributed by atoms with Gasteiger partial charge in [0.2, 0.25) is 0 Å². The van der Waals surface area contributed by atoms with Crippen LogP contribution in [0.5, 0.6) is 5.75 Å². The minimum Gasteiger partial charge on any atom is -0.493 e. The molecule has 0 spiro atoms. The van der Waals surface area contributed by atoms with Gasteiger partial charge in [0.25, 0.3) is 0 Å². The summed E-state index contributed by atoms with van der Waals surface area (Å²) in [5.41, 5.74) is 7.66. The molecule has 2 N–H and O–H groups in total. The SMILES string of the molecule is Nc1cccc(CCCOc2ccc(Br)c(F)c2)c1. The number of anilines is 1. The largest absolute Gasteiger partial charge is 0.493 e. The van der Waals surface area contributed by atoms with E-state index in [0.717, 1.165) is 18.5 Å². The summed E-state index contributed by atoms with van der Waals surface area (Å²) in [6.45, 7) is 0.551. The maximum Gasteiger partial charge on any atom is 0.141 e. The summed E-state index contributed by atoms with van der Waals surface area (Å²) in [7, 11) is 0. The Hall–Kier alpha value is -1.55. The van der Waals surface area contributed by atoms with Gasteiger partial charge in [-0.3, -0.25) is 0 Å². The molecule has 0 bridgehead atoms. The third-order valence-electron chi connectivity index (χ3n) is 2.72. The van der Waals surface area contributed by atoms with Gasteiger partial charge in [-0.05, 0) is 58.6 Å². The number of nitrogens with two attached hydrogens (primary N) is 1. The molecule has 0 amide bonds. The first-order chi connectivity index (χ1) is 9.15. The van der Waals surface area contributed by atoms with Crippen LogP contribution >= 0.6 is 15.9 Å². The van der Waals surface area contributed by atoms with Gasteiger partial charge < -0.3 is 10.5 Å². The molecule has 19 heavy (non-hydrogen) atoms. The fraction of sp³-hybridized carbons (Fsp3) is 0.200. The molecule has 0 aliphatic carbocycles. The zero-order valence-corrected chi connectivity index (χ0v) is 12.0. The lowest BCUT2D eigenvalue weighted by molar-refractivity contribution is 0.309. The van der Waals surface area contributed by atoms with E-state index in [1.807, 2.05) is 24.3 Å². The highest BCUT2D eigenvalue weighted by atomic mass is 79.9. The van der Waals surface area contributed by atoms with Gasteiger partial charge in [-0.25, -0.2) is 4.39 Å². The highest BCUT2D eigenvalue weighted by Crippen LogP contribution is 2.21. The van der Waals surface area contributed by atoms with Gasteiger partial charge in [0, 0.05) is 11.8 Å². The number of rotatable bonds is 5. The first-order valence-electron chi connectivity index (χ1n) is 6.07. The van der Waals surface area contributed by atoms with Crippen molar-refractivity contribution in [2.75, 3.05) is 12.3 Å². The molecule has 0 unspecified atom stereocenters. The van der Waals surface area contributed by atoms with Gasteiger partial charge in [-0.15, -0.1) is 0 Å². The highest BCUT2D eigenvalue weighted by molar-refractivity contribution is 9.10. The minimum atomic E-state index is -0.312. The Labute approximate surface area is 120 Å². The lowest BCUT2D eigenvalue weighted by atomic mass is 10.1. The van der Waals surface area contributed by atoms with Crippen molar-refractivity contribution in [1.82, 2.24) is 0 Å². The van der Waals surface area contributed by atoms with Gasteiger partial charge in [0.1, 0.15) is 11.6 Å². The molecule has 0 heterocycles.